The second-order valence-corrected chi connectivity index (χ2v) is 4.96. The van der Waals surface area contributed by atoms with Crippen LogP contribution in [0.3, 0.4) is 0 Å². The van der Waals surface area contributed by atoms with Crippen molar-refractivity contribution in [2.45, 2.75) is 6.04 Å². The van der Waals surface area contributed by atoms with E-state index in [1.165, 1.54) is 5.56 Å². The topological polar surface area (TPSA) is 35.5 Å². The number of nitrogens with zero attached hydrogens (tertiary/aromatic N) is 1. The first-order valence-corrected chi connectivity index (χ1v) is 6.41. The van der Waals surface area contributed by atoms with E-state index in [0.29, 0.717) is 0 Å². The molecule has 0 spiro atoms. The van der Waals surface area contributed by atoms with E-state index in [1.807, 2.05) is 12.1 Å². The van der Waals surface area contributed by atoms with E-state index in [2.05, 4.69) is 38.3 Å². The highest BCUT2D eigenvalue weighted by molar-refractivity contribution is 9.10. The van der Waals surface area contributed by atoms with Gasteiger partial charge in [-0.3, -0.25) is 4.90 Å². The Kier molecular flexibility index (Phi) is 4.35. The minimum atomic E-state index is 0.125. The van der Waals surface area contributed by atoms with Crippen molar-refractivity contribution < 1.29 is 5.11 Å². The summed E-state index contributed by atoms with van der Waals surface area (Å²) in [4.78, 5) is 2.33. The molecule has 2 rings (SSSR count). The monoisotopic (exact) mass is 284 g/mol. The zero-order valence-electron chi connectivity index (χ0n) is 9.19. The third-order valence-corrected chi connectivity index (χ3v) is 3.49. The summed E-state index contributed by atoms with van der Waals surface area (Å²) in [6, 6.07) is 8.32. The Morgan fingerprint density at radius 3 is 2.75 bits per heavy atom. The maximum absolute atomic E-state index is 9.55. The molecule has 0 bridgehead atoms. The van der Waals surface area contributed by atoms with Gasteiger partial charge in [-0.1, -0.05) is 28.1 Å². The SMILES string of the molecule is OCC(c1cccc(Br)c1)N1CCNCC1. The van der Waals surface area contributed by atoms with Crippen molar-refractivity contribution in [3.05, 3.63) is 34.3 Å². The zero-order valence-corrected chi connectivity index (χ0v) is 10.8. The second kappa shape index (κ2) is 5.77. The molecule has 0 radical (unpaired) electrons. The van der Waals surface area contributed by atoms with E-state index in [1.54, 1.807) is 0 Å². The van der Waals surface area contributed by atoms with E-state index >= 15 is 0 Å². The van der Waals surface area contributed by atoms with Gasteiger partial charge in [0.15, 0.2) is 0 Å². The first-order valence-electron chi connectivity index (χ1n) is 5.62. The predicted octanol–water partition coefficient (Wildman–Crippen LogP) is 1.39. The van der Waals surface area contributed by atoms with E-state index in [-0.39, 0.29) is 12.6 Å². The van der Waals surface area contributed by atoms with Gasteiger partial charge in [0.2, 0.25) is 0 Å². The van der Waals surface area contributed by atoms with Gasteiger partial charge in [0.1, 0.15) is 0 Å². The van der Waals surface area contributed by atoms with Gasteiger partial charge < -0.3 is 10.4 Å². The molecule has 1 aromatic rings. The summed E-state index contributed by atoms with van der Waals surface area (Å²) in [5, 5.41) is 12.9. The van der Waals surface area contributed by atoms with E-state index in [9.17, 15) is 5.11 Å². The smallest absolute Gasteiger partial charge is 0.0628 e. The largest absolute Gasteiger partial charge is 0.394 e. The fourth-order valence-electron chi connectivity index (χ4n) is 2.14. The Morgan fingerprint density at radius 1 is 1.38 bits per heavy atom. The fourth-order valence-corrected chi connectivity index (χ4v) is 2.56. The molecule has 1 aromatic carbocycles. The summed E-state index contributed by atoms with van der Waals surface area (Å²) in [5.41, 5.74) is 1.18. The molecule has 1 fully saturated rings. The summed E-state index contributed by atoms with van der Waals surface area (Å²) < 4.78 is 1.07. The first-order chi connectivity index (χ1) is 7.81. The molecule has 1 saturated heterocycles. The maximum atomic E-state index is 9.55. The summed E-state index contributed by atoms with van der Waals surface area (Å²) in [5.74, 6) is 0. The van der Waals surface area contributed by atoms with E-state index in [4.69, 9.17) is 0 Å². The van der Waals surface area contributed by atoms with Crippen LogP contribution < -0.4 is 5.32 Å². The van der Waals surface area contributed by atoms with Crippen molar-refractivity contribution in [1.29, 1.82) is 0 Å². The third-order valence-electron chi connectivity index (χ3n) is 3.00. The number of aliphatic hydroxyl groups is 1. The van der Waals surface area contributed by atoms with E-state index in [0.717, 1.165) is 30.7 Å². The van der Waals surface area contributed by atoms with Crippen molar-refractivity contribution in [3.63, 3.8) is 0 Å². The van der Waals surface area contributed by atoms with Crippen molar-refractivity contribution in [3.8, 4) is 0 Å². The van der Waals surface area contributed by atoms with Crippen LogP contribution in [0.25, 0.3) is 0 Å². The standard InChI is InChI=1S/C12H17BrN2O/c13-11-3-1-2-10(8-11)12(9-16)15-6-4-14-5-7-15/h1-3,8,12,14,16H,4-7,9H2. The lowest BCUT2D eigenvalue weighted by atomic mass is 10.1. The highest BCUT2D eigenvalue weighted by atomic mass is 79.9. The lowest BCUT2D eigenvalue weighted by molar-refractivity contribution is 0.111. The number of nitrogens with one attached hydrogen (secondary N) is 1. The average molecular weight is 285 g/mol. The van der Waals surface area contributed by atoms with Crippen LogP contribution in [0.4, 0.5) is 0 Å². The van der Waals surface area contributed by atoms with Crippen LogP contribution >= 0.6 is 15.9 Å². The highest BCUT2D eigenvalue weighted by Crippen LogP contribution is 2.23. The molecule has 1 unspecified atom stereocenters. The number of aliphatic hydroxyl groups excluding tert-OH is 1. The van der Waals surface area contributed by atoms with Gasteiger partial charge in [-0.15, -0.1) is 0 Å². The Hall–Kier alpha value is -0.420. The summed E-state index contributed by atoms with van der Waals surface area (Å²) in [7, 11) is 0. The molecule has 1 aliphatic rings. The van der Waals surface area contributed by atoms with Crippen LogP contribution in [0.5, 0.6) is 0 Å². The third kappa shape index (κ3) is 2.83. The number of piperazine rings is 1. The minimum absolute atomic E-state index is 0.125. The Bertz CT molecular complexity index is 340. The first kappa shape index (κ1) is 12.0. The summed E-state index contributed by atoms with van der Waals surface area (Å²) in [6.07, 6.45) is 0. The molecule has 1 aliphatic heterocycles. The molecule has 0 amide bonds. The van der Waals surface area contributed by atoms with Gasteiger partial charge in [0.05, 0.1) is 12.6 Å². The molecule has 4 heteroatoms. The van der Waals surface area contributed by atoms with Crippen molar-refractivity contribution in [2.24, 2.45) is 0 Å². The quantitative estimate of drug-likeness (QED) is 0.881. The van der Waals surface area contributed by atoms with Crippen molar-refractivity contribution >= 4 is 15.9 Å². The van der Waals surface area contributed by atoms with Gasteiger partial charge in [0, 0.05) is 30.7 Å². The average Bonchev–Trinajstić information content (AvgIpc) is 2.31. The van der Waals surface area contributed by atoms with Gasteiger partial charge in [-0.2, -0.15) is 0 Å². The highest BCUT2D eigenvalue weighted by Gasteiger charge is 2.21. The van der Waals surface area contributed by atoms with Crippen LogP contribution in [0.1, 0.15) is 11.6 Å². The number of halogens is 1. The fraction of sp³-hybridized carbons (Fsp3) is 0.500. The number of hydrogen-bond acceptors (Lipinski definition) is 3. The minimum Gasteiger partial charge on any atom is -0.394 e. The lowest BCUT2D eigenvalue weighted by Gasteiger charge is -2.34. The number of benzene rings is 1. The second-order valence-electron chi connectivity index (χ2n) is 4.04. The molecule has 16 heavy (non-hydrogen) atoms. The molecule has 0 aromatic heterocycles. The predicted molar refractivity (Wildman–Crippen MR) is 68.4 cm³/mol. The summed E-state index contributed by atoms with van der Waals surface area (Å²) >= 11 is 3.47. The zero-order chi connectivity index (χ0) is 11.4. The number of rotatable bonds is 3. The van der Waals surface area contributed by atoms with Crippen LogP contribution in [0.2, 0.25) is 0 Å². The molecular weight excluding hydrogens is 268 g/mol. The van der Waals surface area contributed by atoms with Crippen LogP contribution in [-0.4, -0.2) is 42.8 Å². The maximum Gasteiger partial charge on any atom is 0.0628 e. The summed E-state index contributed by atoms with van der Waals surface area (Å²) in [6.45, 7) is 4.18. The Balaban J connectivity index is 2.14. The van der Waals surface area contributed by atoms with E-state index < -0.39 is 0 Å². The van der Waals surface area contributed by atoms with Crippen LogP contribution in [0.15, 0.2) is 28.7 Å². The van der Waals surface area contributed by atoms with Gasteiger partial charge >= 0.3 is 0 Å². The number of hydrogen-bond donors (Lipinski definition) is 2. The molecule has 1 atom stereocenters. The normalized spacial score (nSPS) is 19.6. The van der Waals surface area contributed by atoms with Crippen LogP contribution in [-0.2, 0) is 0 Å². The molecule has 3 nitrogen and oxygen atoms in total. The molecular formula is C12H17BrN2O. The Labute approximate surface area is 105 Å². The van der Waals surface area contributed by atoms with Gasteiger partial charge in [0.25, 0.3) is 0 Å². The van der Waals surface area contributed by atoms with Crippen molar-refractivity contribution in [2.75, 3.05) is 32.8 Å². The van der Waals surface area contributed by atoms with Crippen molar-refractivity contribution in [1.82, 2.24) is 10.2 Å². The Morgan fingerprint density at radius 2 is 2.12 bits per heavy atom. The molecule has 1 heterocycles. The lowest BCUT2D eigenvalue weighted by Crippen LogP contribution is -2.46. The molecule has 0 saturated carbocycles. The molecule has 0 aliphatic carbocycles. The molecule has 88 valence electrons. The molecule has 2 N–H and O–H groups in total. The van der Waals surface area contributed by atoms with Crippen LogP contribution in [0, 0.1) is 0 Å². The van der Waals surface area contributed by atoms with Gasteiger partial charge in [-0.05, 0) is 17.7 Å². The van der Waals surface area contributed by atoms with Gasteiger partial charge in [-0.25, -0.2) is 0 Å².